The molecule has 23 heavy (non-hydrogen) atoms. The summed E-state index contributed by atoms with van der Waals surface area (Å²) in [5.74, 6) is -0.112. The zero-order valence-electron chi connectivity index (χ0n) is 12.6. The number of hydrogen-bond donors (Lipinski definition) is 0. The molecule has 1 amide bonds. The lowest BCUT2D eigenvalue weighted by Gasteiger charge is -2.37. The van der Waals surface area contributed by atoms with E-state index in [1.807, 2.05) is 0 Å². The second-order valence-electron chi connectivity index (χ2n) is 5.62. The molecule has 0 bridgehead atoms. The van der Waals surface area contributed by atoms with E-state index >= 15 is 0 Å². The lowest BCUT2D eigenvalue weighted by atomic mass is 10.0. The van der Waals surface area contributed by atoms with Crippen molar-refractivity contribution in [2.45, 2.75) is 29.5 Å². The number of amides is 1. The smallest absolute Gasteiger partial charge is 0.253 e. The van der Waals surface area contributed by atoms with Gasteiger partial charge in [0.15, 0.2) is 0 Å². The zero-order chi connectivity index (χ0) is 16.4. The molecule has 0 aromatic carbocycles. The molecule has 0 unspecified atom stereocenters. The zero-order valence-corrected chi connectivity index (χ0v) is 15.0. The molecule has 6 nitrogen and oxygen atoms in total. The Bertz CT molecular complexity index is 670. The Morgan fingerprint density at radius 1 is 1.22 bits per heavy atom. The highest BCUT2D eigenvalue weighted by Crippen LogP contribution is 2.32. The minimum absolute atomic E-state index is 0.112. The fourth-order valence-corrected chi connectivity index (χ4v) is 6.25. The molecule has 3 heterocycles. The summed E-state index contributed by atoms with van der Waals surface area (Å²) in [5, 5.41) is 0. The Balaban J connectivity index is 1.85. The summed E-state index contributed by atoms with van der Waals surface area (Å²) in [6.45, 7) is 2.43. The van der Waals surface area contributed by atoms with Crippen LogP contribution >= 0.6 is 22.9 Å². The Kier molecular flexibility index (Phi) is 5.27. The summed E-state index contributed by atoms with van der Waals surface area (Å²) in [6.07, 6.45) is 2.19. The van der Waals surface area contributed by atoms with E-state index in [9.17, 15) is 13.2 Å². The van der Waals surface area contributed by atoms with Crippen LogP contribution in [0.1, 0.15) is 19.3 Å². The minimum Gasteiger partial charge on any atom is -0.378 e. The first kappa shape index (κ1) is 17.2. The van der Waals surface area contributed by atoms with Crippen LogP contribution in [0, 0.1) is 0 Å². The molecule has 2 fully saturated rings. The Morgan fingerprint density at radius 2 is 1.96 bits per heavy atom. The monoisotopic (exact) mass is 378 g/mol. The number of rotatable bonds is 3. The van der Waals surface area contributed by atoms with Crippen LogP contribution in [0.4, 0.5) is 0 Å². The molecule has 3 rings (SSSR count). The van der Waals surface area contributed by atoms with Gasteiger partial charge in [0.05, 0.1) is 17.6 Å². The van der Waals surface area contributed by atoms with Gasteiger partial charge in [0, 0.05) is 19.6 Å². The minimum atomic E-state index is -3.69. The maximum absolute atomic E-state index is 12.9. The molecule has 2 aliphatic rings. The van der Waals surface area contributed by atoms with E-state index in [1.165, 1.54) is 10.4 Å². The van der Waals surface area contributed by atoms with Crippen molar-refractivity contribution in [3.63, 3.8) is 0 Å². The first-order valence-electron chi connectivity index (χ1n) is 7.64. The van der Waals surface area contributed by atoms with Gasteiger partial charge in [-0.15, -0.1) is 11.3 Å². The van der Waals surface area contributed by atoms with Crippen molar-refractivity contribution in [1.29, 1.82) is 0 Å². The van der Waals surface area contributed by atoms with Gasteiger partial charge < -0.3 is 9.64 Å². The van der Waals surface area contributed by atoms with E-state index in [4.69, 9.17) is 16.3 Å². The van der Waals surface area contributed by atoms with Gasteiger partial charge in [0.2, 0.25) is 5.91 Å². The largest absolute Gasteiger partial charge is 0.378 e. The maximum Gasteiger partial charge on any atom is 0.253 e. The molecule has 0 saturated carbocycles. The summed E-state index contributed by atoms with van der Waals surface area (Å²) in [5.41, 5.74) is 0. The number of thiophene rings is 1. The Morgan fingerprint density at radius 3 is 2.61 bits per heavy atom. The maximum atomic E-state index is 12.9. The van der Waals surface area contributed by atoms with Crippen molar-refractivity contribution in [3.8, 4) is 0 Å². The van der Waals surface area contributed by atoms with Gasteiger partial charge >= 0.3 is 0 Å². The van der Waals surface area contributed by atoms with Crippen molar-refractivity contribution in [2.24, 2.45) is 0 Å². The fraction of sp³-hybridized carbons (Fsp3) is 0.643. The highest BCUT2D eigenvalue weighted by molar-refractivity contribution is 7.91. The lowest BCUT2D eigenvalue weighted by molar-refractivity contribution is -0.140. The highest BCUT2D eigenvalue weighted by Gasteiger charge is 2.40. The molecular weight excluding hydrogens is 360 g/mol. The molecule has 0 radical (unpaired) electrons. The van der Waals surface area contributed by atoms with Crippen LogP contribution < -0.4 is 0 Å². The molecule has 128 valence electrons. The van der Waals surface area contributed by atoms with Gasteiger partial charge in [-0.25, -0.2) is 8.42 Å². The number of halogens is 1. The van der Waals surface area contributed by atoms with E-state index in [0.717, 1.165) is 24.2 Å². The van der Waals surface area contributed by atoms with Gasteiger partial charge in [-0.1, -0.05) is 18.0 Å². The molecule has 2 aliphatic heterocycles. The summed E-state index contributed by atoms with van der Waals surface area (Å²) in [7, 11) is -3.69. The number of piperidine rings is 1. The molecule has 1 aromatic rings. The van der Waals surface area contributed by atoms with Crippen LogP contribution in [0.15, 0.2) is 16.3 Å². The van der Waals surface area contributed by atoms with E-state index < -0.39 is 16.1 Å². The van der Waals surface area contributed by atoms with Crippen LogP contribution in [0.5, 0.6) is 0 Å². The van der Waals surface area contributed by atoms with Crippen molar-refractivity contribution in [3.05, 3.63) is 16.5 Å². The van der Waals surface area contributed by atoms with E-state index in [2.05, 4.69) is 0 Å². The van der Waals surface area contributed by atoms with Gasteiger partial charge in [-0.05, 0) is 25.0 Å². The van der Waals surface area contributed by atoms with Gasteiger partial charge in [0.1, 0.15) is 10.3 Å². The SMILES string of the molecule is O=C([C@H]1CCCCN1S(=O)(=O)c1ccc(Cl)s1)N1CCOCC1. The van der Waals surface area contributed by atoms with E-state index in [1.54, 1.807) is 11.0 Å². The number of hydrogen-bond acceptors (Lipinski definition) is 5. The van der Waals surface area contributed by atoms with Crippen LogP contribution in [0.3, 0.4) is 0 Å². The molecule has 0 spiro atoms. The highest BCUT2D eigenvalue weighted by atomic mass is 35.5. The van der Waals surface area contributed by atoms with Crippen molar-refractivity contribution >= 4 is 38.9 Å². The van der Waals surface area contributed by atoms with Gasteiger partial charge in [-0.2, -0.15) is 4.31 Å². The average Bonchev–Trinajstić information content (AvgIpc) is 3.02. The van der Waals surface area contributed by atoms with E-state index in [-0.39, 0.29) is 10.1 Å². The summed E-state index contributed by atoms with van der Waals surface area (Å²) in [6, 6.07) is 2.46. The van der Waals surface area contributed by atoms with Crippen LogP contribution in [0.25, 0.3) is 0 Å². The molecular formula is C14H19ClN2O4S2. The number of ether oxygens (including phenoxy) is 1. The second-order valence-corrected chi connectivity index (χ2v) is 9.46. The standard InChI is InChI=1S/C14H19ClN2O4S2/c15-12-4-5-13(22-12)23(19,20)17-6-2-1-3-11(17)14(18)16-7-9-21-10-8-16/h4-5,11H,1-3,6-10H2/t11-/m1/s1. The third-order valence-electron chi connectivity index (χ3n) is 4.17. The topological polar surface area (TPSA) is 66.9 Å². The third-order valence-corrected chi connectivity index (χ3v) is 7.78. The van der Waals surface area contributed by atoms with Crippen molar-refractivity contribution in [2.75, 3.05) is 32.8 Å². The fourth-order valence-electron chi connectivity index (χ4n) is 2.99. The second kappa shape index (κ2) is 7.06. The third kappa shape index (κ3) is 3.56. The quantitative estimate of drug-likeness (QED) is 0.804. The summed E-state index contributed by atoms with van der Waals surface area (Å²) >= 11 is 6.90. The molecule has 2 saturated heterocycles. The van der Waals surface area contributed by atoms with Crippen molar-refractivity contribution < 1.29 is 17.9 Å². The first-order valence-corrected chi connectivity index (χ1v) is 10.3. The molecule has 0 N–H and O–H groups in total. The summed E-state index contributed by atoms with van der Waals surface area (Å²) in [4.78, 5) is 14.5. The van der Waals surface area contributed by atoms with Crippen molar-refractivity contribution in [1.82, 2.24) is 9.21 Å². The average molecular weight is 379 g/mol. The van der Waals surface area contributed by atoms with Gasteiger partial charge in [0.25, 0.3) is 10.0 Å². The number of carbonyl (C=O) groups is 1. The number of sulfonamides is 1. The predicted molar refractivity (Wildman–Crippen MR) is 88.3 cm³/mol. The first-order chi connectivity index (χ1) is 11.0. The van der Waals surface area contributed by atoms with Crippen LogP contribution in [-0.4, -0.2) is 62.4 Å². The normalized spacial score (nSPS) is 23.9. The van der Waals surface area contributed by atoms with Crippen LogP contribution in [-0.2, 0) is 19.6 Å². The Labute approximate surface area is 145 Å². The lowest BCUT2D eigenvalue weighted by Crippen LogP contribution is -2.54. The summed E-state index contributed by atoms with van der Waals surface area (Å²) < 4.78 is 33.0. The molecule has 1 aromatic heterocycles. The van der Waals surface area contributed by atoms with E-state index in [0.29, 0.717) is 43.6 Å². The predicted octanol–water partition coefficient (Wildman–Crippen LogP) is 1.80. The Hall–Kier alpha value is -0.670. The molecule has 1 atom stereocenters. The number of morpholine rings is 1. The molecule has 9 heteroatoms. The molecule has 0 aliphatic carbocycles. The number of carbonyl (C=O) groups excluding carboxylic acids is 1. The van der Waals surface area contributed by atoms with Gasteiger partial charge in [-0.3, -0.25) is 4.79 Å². The van der Waals surface area contributed by atoms with Crippen LogP contribution in [0.2, 0.25) is 4.34 Å². The number of nitrogens with zero attached hydrogens (tertiary/aromatic N) is 2.